The first kappa shape index (κ1) is 16.0. The van der Waals surface area contributed by atoms with E-state index in [9.17, 15) is 18.0 Å². The van der Waals surface area contributed by atoms with Gasteiger partial charge in [-0.15, -0.1) is 0 Å². The van der Waals surface area contributed by atoms with Crippen LogP contribution in [0.25, 0.3) is 0 Å². The first-order valence-electron chi connectivity index (χ1n) is 5.66. The van der Waals surface area contributed by atoms with E-state index >= 15 is 0 Å². The Morgan fingerprint density at radius 1 is 1.00 bits per heavy atom. The van der Waals surface area contributed by atoms with Crippen LogP contribution in [-0.2, 0) is 6.18 Å². The first-order chi connectivity index (χ1) is 9.70. The zero-order chi connectivity index (χ0) is 15.8. The number of carbonyl (C=O) groups is 1. The molecule has 0 aliphatic carbocycles. The average Bonchev–Trinajstić information content (AvgIpc) is 2.37. The maximum absolute atomic E-state index is 13.1. The van der Waals surface area contributed by atoms with Crippen LogP contribution in [0.4, 0.5) is 18.9 Å². The third kappa shape index (κ3) is 3.47. The van der Waals surface area contributed by atoms with Gasteiger partial charge in [-0.3, -0.25) is 4.79 Å². The van der Waals surface area contributed by atoms with Crippen molar-refractivity contribution in [2.24, 2.45) is 0 Å². The van der Waals surface area contributed by atoms with Gasteiger partial charge in [0.25, 0.3) is 0 Å². The highest BCUT2D eigenvalue weighted by molar-refractivity contribution is 9.10. The van der Waals surface area contributed by atoms with E-state index in [4.69, 9.17) is 5.73 Å². The number of nitrogens with two attached hydrogens (primary N) is 1. The van der Waals surface area contributed by atoms with Crippen molar-refractivity contribution in [3.63, 3.8) is 0 Å². The molecule has 0 atom stereocenters. The third-order valence-corrected chi connectivity index (χ3v) is 3.92. The maximum Gasteiger partial charge on any atom is 0.417 e. The van der Waals surface area contributed by atoms with E-state index < -0.39 is 23.1 Å². The van der Waals surface area contributed by atoms with Crippen LogP contribution in [0, 0.1) is 0 Å². The third-order valence-electron chi connectivity index (χ3n) is 2.77. The molecule has 2 nitrogen and oxygen atoms in total. The van der Waals surface area contributed by atoms with Gasteiger partial charge in [0.2, 0.25) is 0 Å². The largest absolute Gasteiger partial charge is 0.417 e. The van der Waals surface area contributed by atoms with E-state index in [-0.39, 0.29) is 10.0 Å². The summed E-state index contributed by atoms with van der Waals surface area (Å²) in [6.45, 7) is 0. The molecule has 110 valence electrons. The van der Waals surface area contributed by atoms with Crippen LogP contribution in [0.3, 0.4) is 0 Å². The smallest absolute Gasteiger partial charge is 0.399 e. The molecule has 7 heteroatoms. The van der Waals surface area contributed by atoms with Crippen molar-refractivity contribution in [1.82, 2.24) is 0 Å². The number of nitrogen functional groups attached to an aromatic ring is 1. The summed E-state index contributed by atoms with van der Waals surface area (Å²) in [5.41, 5.74) is 4.70. The summed E-state index contributed by atoms with van der Waals surface area (Å²) in [7, 11) is 0. The predicted molar refractivity (Wildman–Crippen MR) is 81.1 cm³/mol. The fraction of sp³-hybridized carbons (Fsp3) is 0.0714. The van der Waals surface area contributed by atoms with Gasteiger partial charge < -0.3 is 5.73 Å². The molecule has 0 bridgehead atoms. The molecule has 0 saturated carbocycles. The average molecular weight is 423 g/mol. The maximum atomic E-state index is 13.1. The summed E-state index contributed by atoms with van der Waals surface area (Å²) < 4.78 is 39.8. The van der Waals surface area contributed by atoms with Crippen molar-refractivity contribution >= 4 is 43.3 Å². The van der Waals surface area contributed by atoms with Crippen molar-refractivity contribution in [3.05, 3.63) is 62.0 Å². The molecule has 0 amide bonds. The van der Waals surface area contributed by atoms with Crippen molar-refractivity contribution in [2.75, 3.05) is 5.73 Å². The second kappa shape index (κ2) is 5.81. The zero-order valence-electron chi connectivity index (χ0n) is 10.3. The lowest BCUT2D eigenvalue weighted by molar-refractivity contribution is -0.137. The van der Waals surface area contributed by atoms with Gasteiger partial charge in [0, 0.05) is 25.8 Å². The minimum absolute atomic E-state index is 0.122. The molecule has 2 aromatic carbocycles. The Kier molecular flexibility index (Phi) is 4.43. The van der Waals surface area contributed by atoms with Gasteiger partial charge in [-0.05, 0) is 52.3 Å². The number of benzene rings is 2. The number of anilines is 1. The van der Waals surface area contributed by atoms with Gasteiger partial charge in [-0.1, -0.05) is 15.9 Å². The Balaban J connectivity index is 2.59. The minimum atomic E-state index is -4.62. The molecule has 0 radical (unpaired) electrons. The lowest BCUT2D eigenvalue weighted by Gasteiger charge is -2.13. The number of rotatable bonds is 2. The summed E-state index contributed by atoms with van der Waals surface area (Å²) in [5.74, 6) is -0.721. The van der Waals surface area contributed by atoms with Crippen molar-refractivity contribution in [2.45, 2.75) is 6.18 Å². The number of ketones is 1. The van der Waals surface area contributed by atoms with Crippen molar-refractivity contribution < 1.29 is 18.0 Å². The van der Waals surface area contributed by atoms with Crippen molar-refractivity contribution in [3.8, 4) is 0 Å². The van der Waals surface area contributed by atoms with E-state index in [2.05, 4.69) is 31.9 Å². The summed E-state index contributed by atoms with van der Waals surface area (Å²) in [4.78, 5) is 12.4. The topological polar surface area (TPSA) is 43.1 Å². The number of alkyl halides is 3. The van der Waals surface area contributed by atoms with E-state index in [1.807, 2.05) is 0 Å². The number of halogens is 5. The van der Waals surface area contributed by atoms with Crippen LogP contribution in [0.2, 0.25) is 0 Å². The van der Waals surface area contributed by atoms with Crippen LogP contribution in [0.5, 0.6) is 0 Å². The Morgan fingerprint density at radius 3 is 2.19 bits per heavy atom. The van der Waals surface area contributed by atoms with Crippen LogP contribution in [0.1, 0.15) is 21.5 Å². The summed E-state index contributed by atoms with van der Waals surface area (Å²) in [6.07, 6.45) is -4.62. The van der Waals surface area contributed by atoms with Gasteiger partial charge in [-0.25, -0.2) is 0 Å². The highest BCUT2D eigenvalue weighted by Crippen LogP contribution is 2.35. The Bertz CT molecular complexity index is 714. The van der Waals surface area contributed by atoms with Gasteiger partial charge in [0.15, 0.2) is 5.78 Å². The predicted octanol–water partition coefficient (Wildman–Crippen LogP) is 5.04. The molecule has 0 aliphatic heterocycles. The Labute approximate surface area is 135 Å². The van der Waals surface area contributed by atoms with Gasteiger partial charge in [0.05, 0.1) is 5.56 Å². The van der Waals surface area contributed by atoms with E-state index in [0.717, 1.165) is 12.1 Å². The monoisotopic (exact) mass is 421 g/mol. The van der Waals surface area contributed by atoms with E-state index in [1.54, 1.807) is 0 Å². The zero-order valence-corrected chi connectivity index (χ0v) is 13.5. The first-order valence-corrected chi connectivity index (χ1v) is 7.25. The Hall–Kier alpha value is -1.34. The molecule has 2 rings (SSSR count). The summed E-state index contributed by atoms with van der Waals surface area (Å²) >= 11 is 6.12. The van der Waals surface area contributed by atoms with Gasteiger partial charge in [0.1, 0.15) is 0 Å². The fourth-order valence-electron chi connectivity index (χ4n) is 1.81. The van der Waals surface area contributed by atoms with Crippen LogP contribution >= 0.6 is 31.9 Å². The molecule has 2 aromatic rings. The highest BCUT2D eigenvalue weighted by Gasteiger charge is 2.35. The fourth-order valence-corrected chi connectivity index (χ4v) is 2.75. The molecule has 2 N–H and O–H groups in total. The van der Waals surface area contributed by atoms with E-state index in [0.29, 0.717) is 10.2 Å². The number of carbonyl (C=O) groups excluding carboxylic acids is 1. The van der Waals surface area contributed by atoms with Crippen LogP contribution in [-0.4, -0.2) is 5.78 Å². The molecule has 21 heavy (non-hydrogen) atoms. The second-order valence-corrected chi connectivity index (χ2v) is 6.03. The molecule has 0 fully saturated rings. The second-order valence-electron chi connectivity index (χ2n) is 4.26. The summed E-state index contributed by atoms with van der Waals surface area (Å²) in [6, 6.07) is 7.76. The van der Waals surface area contributed by atoms with Crippen LogP contribution < -0.4 is 5.73 Å². The normalized spacial score (nSPS) is 11.5. The van der Waals surface area contributed by atoms with Gasteiger partial charge in [-0.2, -0.15) is 13.2 Å². The molecular weight excluding hydrogens is 415 g/mol. The highest BCUT2D eigenvalue weighted by atomic mass is 79.9. The minimum Gasteiger partial charge on any atom is -0.399 e. The lowest BCUT2D eigenvalue weighted by Crippen LogP contribution is -2.14. The number of hydrogen-bond donors (Lipinski definition) is 1. The number of hydrogen-bond acceptors (Lipinski definition) is 2. The molecule has 0 saturated heterocycles. The van der Waals surface area contributed by atoms with E-state index in [1.165, 1.54) is 24.3 Å². The molecule has 0 aromatic heterocycles. The lowest BCUT2D eigenvalue weighted by atomic mass is 9.98. The van der Waals surface area contributed by atoms with Crippen molar-refractivity contribution in [1.29, 1.82) is 0 Å². The molecule has 0 unspecified atom stereocenters. The standard InChI is InChI=1S/C14H8Br2F3NO/c15-7-1-3-9(11(5-7)14(17,18)19)13(21)10-4-2-8(20)6-12(10)16/h1-6H,20H2. The van der Waals surface area contributed by atoms with Gasteiger partial charge >= 0.3 is 6.18 Å². The quantitative estimate of drug-likeness (QED) is 0.544. The SMILES string of the molecule is Nc1ccc(C(=O)c2ccc(Br)cc2C(F)(F)F)c(Br)c1. The molecule has 0 heterocycles. The Morgan fingerprint density at radius 2 is 1.62 bits per heavy atom. The molecule has 0 spiro atoms. The summed E-state index contributed by atoms with van der Waals surface area (Å²) in [5, 5.41) is 0. The molecular formula is C14H8Br2F3NO. The van der Waals surface area contributed by atoms with Crippen LogP contribution in [0.15, 0.2) is 45.3 Å². The molecule has 0 aliphatic rings.